The third-order valence-corrected chi connectivity index (χ3v) is 3.77. The van der Waals surface area contributed by atoms with Crippen molar-refractivity contribution in [2.45, 2.75) is 13.3 Å². The molecule has 1 saturated heterocycles. The number of pyridine rings is 1. The Balaban J connectivity index is 2.08. The topological polar surface area (TPSA) is 53.4 Å². The van der Waals surface area contributed by atoms with Crippen LogP contribution in [0.15, 0.2) is 24.3 Å². The molecule has 104 valence electrons. The highest BCUT2D eigenvalue weighted by Gasteiger charge is 2.29. The third-order valence-electron chi connectivity index (χ3n) is 3.77. The van der Waals surface area contributed by atoms with Crippen LogP contribution in [0.1, 0.15) is 12.1 Å². The minimum atomic E-state index is -0.770. The second-order valence-electron chi connectivity index (χ2n) is 5.19. The molecule has 20 heavy (non-hydrogen) atoms. The molecule has 0 aliphatic carbocycles. The number of halogens is 1. The van der Waals surface area contributed by atoms with E-state index in [2.05, 4.69) is 4.98 Å². The summed E-state index contributed by atoms with van der Waals surface area (Å²) in [6, 6.07) is 6.77. The second-order valence-corrected chi connectivity index (χ2v) is 5.19. The molecule has 0 spiro atoms. The fourth-order valence-corrected chi connectivity index (χ4v) is 2.76. The van der Waals surface area contributed by atoms with E-state index < -0.39 is 5.97 Å². The smallest absolute Gasteiger partial charge is 0.308 e. The Bertz CT molecular complexity index is 687. The number of rotatable bonds is 2. The van der Waals surface area contributed by atoms with Gasteiger partial charge in [-0.2, -0.15) is 0 Å². The fraction of sp³-hybridized carbons (Fsp3) is 0.333. The Labute approximate surface area is 115 Å². The molecule has 2 heterocycles. The predicted octanol–water partition coefficient (Wildman–Crippen LogP) is 2.59. The molecule has 1 aliphatic rings. The number of benzene rings is 1. The van der Waals surface area contributed by atoms with Crippen LogP contribution in [-0.4, -0.2) is 29.1 Å². The predicted molar refractivity (Wildman–Crippen MR) is 74.4 cm³/mol. The second kappa shape index (κ2) is 4.74. The summed E-state index contributed by atoms with van der Waals surface area (Å²) in [7, 11) is 0. The van der Waals surface area contributed by atoms with Gasteiger partial charge in [0.15, 0.2) is 0 Å². The first-order chi connectivity index (χ1) is 9.56. The molecule has 0 saturated carbocycles. The number of carbonyl (C=O) groups is 1. The quantitative estimate of drug-likeness (QED) is 0.914. The van der Waals surface area contributed by atoms with Crippen LogP contribution in [0.5, 0.6) is 0 Å². The summed E-state index contributed by atoms with van der Waals surface area (Å²) in [4.78, 5) is 17.3. The zero-order chi connectivity index (χ0) is 14.3. The summed E-state index contributed by atoms with van der Waals surface area (Å²) in [5, 5.41) is 9.83. The van der Waals surface area contributed by atoms with Crippen molar-refractivity contribution < 1.29 is 14.3 Å². The molecule has 2 aromatic rings. The van der Waals surface area contributed by atoms with Crippen molar-refractivity contribution in [1.29, 1.82) is 0 Å². The van der Waals surface area contributed by atoms with Gasteiger partial charge < -0.3 is 10.0 Å². The molecule has 1 fully saturated rings. The van der Waals surface area contributed by atoms with Crippen LogP contribution in [0.25, 0.3) is 10.9 Å². The van der Waals surface area contributed by atoms with Crippen LogP contribution in [0.2, 0.25) is 0 Å². The van der Waals surface area contributed by atoms with Gasteiger partial charge in [-0.3, -0.25) is 4.79 Å². The highest BCUT2D eigenvalue weighted by Crippen LogP contribution is 2.31. The van der Waals surface area contributed by atoms with Gasteiger partial charge in [0.05, 0.1) is 5.92 Å². The summed E-state index contributed by atoms with van der Waals surface area (Å²) in [5.41, 5.74) is 1.95. The standard InChI is InChI=1S/C15H15FN2O2/c1-9-7-13(18-6-5-10(8-18)15(19)20)11-3-2-4-12(16)14(11)17-9/h2-4,7,10H,5-6,8H2,1H3,(H,19,20). The van der Waals surface area contributed by atoms with E-state index in [1.54, 1.807) is 6.07 Å². The van der Waals surface area contributed by atoms with Crippen molar-refractivity contribution in [2.75, 3.05) is 18.0 Å². The number of nitrogens with zero attached hydrogens (tertiary/aromatic N) is 2. The lowest BCUT2D eigenvalue weighted by Gasteiger charge is -2.20. The average Bonchev–Trinajstić information content (AvgIpc) is 2.89. The van der Waals surface area contributed by atoms with Crippen LogP contribution >= 0.6 is 0 Å². The maximum Gasteiger partial charge on any atom is 0.308 e. The monoisotopic (exact) mass is 274 g/mol. The van der Waals surface area contributed by atoms with Gasteiger partial charge in [0, 0.05) is 29.9 Å². The third kappa shape index (κ3) is 2.09. The molecule has 1 aromatic carbocycles. The van der Waals surface area contributed by atoms with Gasteiger partial charge in [0.2, 0.25) is 0 Å². The minimum absolute atomic E-state index is 0.346. The van der Waals surface area contributed by atoms with E-state index in [9.17, 15) is 9.18 Å². The zero-order valence-electron chi connectivity index (χ0n) is 11.1. The van der Waals surface area contributed by atoms with E-state index in [0.717, 1.165) is 16.8 Å². The number of aryl methyl sites for hydroxylation is 1. The number of fused-ring (bicyclic) bond motifs is 1. The van der Waals surface area contributed by atoms with E-state index in [1.165, 1.54) is 6.07 Å². The van der Waals surface area contributed by atoms with Gasteiger partial charge in [-0.1, -0.05) is 12.1 Å². The first-order valence-corrected chi connectivity index (χ1v) is 6.60. The number of carboxylic acids is 1. The van der Waals surface area contributed by atoms with Crippen molar-refractivity contribution >= 4 is 22.6 Å². The van der Waals surface area contributed by atoms with Crippen LogP contribution in [-0.2, 0) is 4.79 Å². The van der Waals surface area contributed by atoms with Gasteiger partial charge >= 0.3 is 5.97 Å². The van der Waals surface area contributed by atoms with Gasteiger partial charge in [0.1, 0.15) is 11.3 Å². The van der Waals surface area contributed by atoms with E-state index in [1.807, 2.05) is 24.0 Å². The molecular weight excluding hydrogens is 259 g/mol. The Morgan fingerprint density at radius 3 is 3.00 bits per heavy atom. The summed E-state index contributed by atoms with van der Waals surface area (Å²) in [6.07, 6.45) is 0.619. The summed E-state index contributed by atoms with van der Waals surface area (Å²) >= 11 is 0. The summed E-state index contributed by atoms with van der Waals surface area (Å²) < 4.78 is 13.9. The summed E-state index contributed by atoms with van der Waals surface area (Å²) in [6.45, 7) is 2.95. The van der Waals surface area contributed by atoms with E-state index >= 15 is 0 Å². The van der Waals surface area contributed by atoms with Crippen LogP contribution in [0.3, 0.4) is 0 Å². The van der Waals surface area contributed by atoms with Crippen molar-refractivity contribution in [2.24, 2.45) is 5.92 Å². The Kier molecular flexibility index (Phi) is 3.04. The van der Waals surface area contributed by atoms with Crippen molar-refractivity contribution in [3.05, 3.63) is 35.8 Å². The average molecular weight is 274 g/mol. The molecule has 1 N–H and O–H groups in total. The zero-order valence-corrected chi connectivity index (χ0v) is 11.1. The molecule has 0 bridgehead atoms. The van der Waals surface area contributed by atoms with E-state index in [-0.39, 0.29) is 11.7 Å². The lowest BCUT2D eigenvalue weighted by atomic mass is 10.1. The molecule has 3 rings (SSSR count). The molecule has 1 atom stereocenters. The molecule has 1 aliphatic heterocycles. The molecule has 1 unspecified atom stereocenters. The molecule has 0 radical (unpaired) electrons. The SMILES string of the molecule is Cc1cc(N2CCC(C(=O)O)C2)c2cccc(F)c2n1. The van der Waals surface area contributed by atoms with Crippen molar-refractivity contribution in [3.63, 3.8) is 0 Å². The van der Waals surface area contributed by atoms with Crippen LogP contribution in [0.4, 0.5) is 10.1 Å². The first kappa shape index (κ1) is 12.8. The highest BCUT2D eigenvalue weighted by atomic mass is 19.1. The number of carboxylic acid groups (broad SMARTS) is 1. The Hall–Kier alpha value is -2.17. The number of hydrogen-bond acceptors (Lipinski definition) is 3. The number of hydrogen-bond donors (Lipinski definition) is 1. The first-order valence-electron chi connectivity index (χ1n) is 6.60. The maximum absolute atomic E-state index is 13.9. The van der Waals surface area contributed by atoms with Gasteiger partial charge in [-0.15, -0.1) is 0 Å². The number of para-hydroxylation sites is 1. The molecule has 1 aromatic heterocycles. The minimum Gasteiger partial charge on any atom is -0.481 e. The number of anilines is 1. The largest absolute Gasteiger partial charge is 0.481 e. The normalized spacial score (nSPS) is 18.7. The Morgan fingerprint density at radius 2 is 2.30 bits per heavy atom. The van der Waals surface area contributed by atoms with Crippen molar-refractivity contribution in [1.82, 2.24) is 4.98 Å². The Morgan fingerprint density at radius 1 is 1.50 bits per heavy atom. The summed E-state index contributed by atoms with van der Waals surface area (Å²) in [5.74, 6) is -1.47. The van der Waals surface area contributed by atoms with Crippen molar-refractivity contribution in [3.8, 4) is 0 Å². The van der Waals surface area contributed by atoms with E-state index in [4.69, 9.17) is 5.11 Å². The van der Waals surface area contributed by atoms with Gasteiger partial charge in [-0.05, 0) is 25.5 Å². The highest BCUT2D eigenvalue weighted by molar-refractivity contribution is 5.92. The fourth-order valence-electron chi connectivity index (χ4n) is 2.76. The molecule has 5 heteroatoms. The maximum atomic E-state index is 13.9. The number of aliphatic carboxylic acids is 1. The van der Waals surface area contributed by atoms with Crippen LogP contribution in [0, 0.1) is 18.7 Å². The molecule has 4 nitrogen and oxygen atoms in total. The van der Waals surface area contributed by atoms with Gasteiger partial charge in [-0.25, -0.2) is 9.37 Å². The lowest BCUT2D eigenvalue weighted by Crippen LogP contribution is -2.23. The molecule has 0 amide bonds. The van der Waals surface area contributed by atoms with Gasteiger partial charge in [0.25, 0.3) is 0 Å². The lowest BCUT2D eigenvalue weighted by molar-refractivity contribution is -0.140. The number of aromatic nitrogens is 1. The molecular formula is C15H15FN2O2. The van der Waals surface area contributed by atoms with Crippen LogP contribution < -0.4 is 4.90 Å². The van der Waals surface area contributed by atoms with E-state index in [0.29, 0.717) is 25.0 Å².